The van der Waals surface area contributed by atoms with Crippen molar-refractivity contribution < 1.29 is 9.59 Å². The van der Waals surface area contributed by atoms with Crippen LogP contribution in [0, 0.1) is 5.92 Å². The third-order valence-electron chi connectivity index (χ3n) is 2.95. The molecule has 0 spiro atoms. The van der Waals surface area contributed by atoms with Gasteiger partial charge in [-0.1, -0.05) is 0 Å². The number of hydrogen-bond donors (Lipinski definition) is 3. The number of likely N-dealkylation sites (N-methyl/N-ethyl adjacent to an activating group) is 1. The molecule has 0 aromatic carbocycles. The molecular weight excluding hydrogens is 206 g/mol. The molecular formula is C11H21N3O2. The maximum atomic E-state index is 11.6. The first-order valence-corrected chi connectivity index (χ1v) is 5.85. The van der Waals surface area contributed by atoms with Gasteiger partial charge in [-0.3, -0.25) is 9.59 Å². The highest BCUT2D eigenvalue weighted by Gasteiger charge is 2.19. The average Bonchev–Trinajstić information content (AvgIpc) is 2.29. The topological polar surface area (TPSA) is 70.2 Å². The van der Waals surface area contributed by atoms with E-state index in [1.165, 1.54) is 0 Å². The van der Waals surface area contributed by atoms with E-state index in [9.17, 15) is 9.59 Å². The monoisotopic (exact) mass is 227 g/mol. The molecule has 2 amide bonds. The Morgan fingerprint density at radius 3 is 2.56 bits per heavy atom. The van der Waals surface area contributed by atoms with Gasteiger partial charge in [0.2, 0.25) is 11.8 Å². The van der Waals surface area contributed by atoms with Crippen LogP contribution in [-0.2, 0) is 9.59 Å². The summed E-state index contributed by atoms with van der Waals surface area (Å²) in [7, 11) is 1.57. The number of carbonyl (C=O) groups excluding carboxylic acids is 2. The highest BCUT2D eigenvalue weighted by atomic mass is 16.2. The molecule has 1 aliphatic rings. The highest BCUT2D eigenvalue weighted by molar-refractivity contribution is 5.87. The number of hydrogen-bond acceptors (Lipinski definition) is 3. The Kier molecular flexibility index (Phi) is 5.25. The first kappa shape index (κ1) is 13.0. The smallest absolute Gasteiger partial charge is 0.242 e. The molecule has 1 saturated heterocycles. The SMILES string of the molecule is CNC(=O)C(C)NC(=O)CC1CCNCC1. The summed E-state index contributed by atoms with van der Waals surface area (Å²) in [4.78, 5) is 22.8. The van der Waals surface area contributed by atoms with E-state index in [4.69, 9.17) is 0 Å². The van der Waals surface area contributed by atoms with Gasteiger partial charge in [0.15, 0.2) is 0 Å². The van der Waals surface area contributed by atoms with Crippen LogP contribution in [0.5, 0.6) is 0 Å². The second-order valence-corrected chi connectivity index (χ2v) is 4.30. The fourth-order valence-electron chi connectivity index (χ4n) is 1.93. The van der Waals surface area contributed by atoms with Crippen molar-refractivity contribution in [1.82, 2.24) is 16.0 Å². The Balaban J connectivity index is 2.26. The summed E-state index contributed by atoms with van der Waals surface area (Å²) >= 11 is 0. The Morgan fingerprint density at radius 2 is 2.00 bits per heavy atom. The van der Waals surface area contributed by atoms with Crippen molar-refractivity contribution in [1.29, 1.82) is 0 Å². The van der Waals surface area contributed by atoms with Gasteiger partial charge in [-0.05, 0) is 38.8 Å². The average molecular weight is 227 g/mol. The van der Waals surface area contributed by atoms with Crippen LogP contribution in [0.15, 0.2) is 0 Å². The molecule has 0 radical (unpaired) electrons. The maximum Gasteiger partial charge on any atom is 0.242 e. The lowest BCUT2D eigenvalue weighted by Gasteiger charge is -2.22. The molecule has 1 fully saturated rings. The molecule has 1 unspecified atom stereocenters. The first-order valence-electron chi connectivity index (χ1n) is 5.85. The summed E-state index contributed by atoms with van der Waals surface area (Å²) in [6, 6.07) is -0.445. The quantitative estimate of drug-likeness (QED) is 0.613. The fourth-order valence-corrected chi connectivity index (χ4v) is 1.93. The third kappa shape index (κ3) is 4.18. The zero-order chi connectivity index (χ0) is 12.0. The molecule has 1 heterocycles. The minimum atomic E-state index is -0.445. The maximum absolute atomic E-state index is 11.6. The summed E-state index contributed by atoms with van der Waals surface area (Å²) < 4.78 is 0. The molecule has 0 aromatic heterocycles. The fraction of sp³-hybridized carbons (Fsp3) is 0.818. The lowest BCUT2D eigenvalue weighted by molar-refractivity contribution is -0.128. The molecule has 1 atom stereocenters. The Hall–Kier alpha value is -1.10. The minimum Gasteiger partial charge on any atom is -0.357 e. The number of nitrogens with one attached hydrogen (secondary N) is 3. The summed E-state index contributed by atoms with van der Waals surface area (Å²) in [6.45, 7) is 3.67. The van der Waals surface area contributed by atoms with Crippen LogP contribution in [0.25, 0.3) is 0 Å². The van der Waals surface area contributed by atoms with Crippen molar-refractivity contribution in [3.05, 3.63) is 0 Å². The van der Waals surface area contributed by atoms with Gasteiger partial charge >= 0.3 is 0 Å². The largest absolute Gasteiger partial charge is 0.357 e. The molecule has 5 nitrogen and oxygen atoms in total. The number of amides is 2. The summed E-state index contributed by atoms with van der Waals surface area (Å²) in [6.07, 6.45) is 2.62. The molecule has 5 heteroatoms. The molecule has 0 aromatic rings. The predicted octanol–water partition coefficient (Wildman–Crippen LogP) is -0.373. The van der Waals surface area contributed by atoms with Crippen molar-refractivity contribution in [3.63, 3.8) is 0 Å². The number of rotatable bonds is 4. The van der Waals surface area contributed by atoms with E-state index in [1.54, 1.807) is 14.0 Å². The zero-order valence-corrected chi connectivity index (χ0v) is 10.0. The molecule has 0 aliphatic carbocycles. The van der Waals surface area contributed by atoms with Gasteiger partial charge in [-0.15, -0.1) is 0 Å². The van der Waals surface area contributed by atoms with Gasteiger partial charge < -0.3 is 16.0 Å². The molecule has 0 saturated carbocycles. The van der Waals surface area contributed by atoms with Crippen LogP contribution in [0.4, 0.5) is 0 Å². The van der Waals surface area contributed by atoms with Gasteiger partial charge in [0.25, 0.3) is 0 Å². The Labute approximate surface area is 96.4 Å². The van der Waals surface area contributed by atoms with E-state index in [0.29, 0.717) is 12.3 Å². The van der Waals surface area contributed by atoms with Gasteiger partial charge in [0, 0.05) is 13.5 Å². The van der Waals surface area contributed by atoms with Crippen LogP contribution in [-0.4, -0.2) is 38.0 Å². The van der Waals surface area contributed by atoms with Gasteiger partial charge in [0.1, 0.15) is 6.04 Å². The molecule has 3 N–H and O–H groups in total. The normalized spacial score (nSPS) is 18.9. The molecule has 16 heavy (non-hydrogen) atoms. The Bertz CT molecular complexity index is 250. The zero-order valence-electron chi connectivity index (χ0n) is 10.0. The van der Waals surface area contributed by atoms with Crippen LogP contribution in [0.2, 0.25) is 0 Å². The van der Waals surface area contributed by atoms with Gasteiger partial charge in [-0.25, -0.2) is 0 Å². The van der Waals surface area contributed by atoms with Crippen molar-refractivity contribution in [2.75, 3.05) is 20.1 Å². The molecule has 1 rings (SSSR count). The number of carbonyl (C=O) groups is 2. The van der Waals surface area contributed by atoms with E-state index in [-0.39, 0.29) is 11.8 Å². The molecule has 0 bridgehead atoms. The van der Waals surface area contributed by atoms with Crippen molar-refractivity contribution >= 4 is 11.8 Å². The van der Waals surface area contributed by atoms with E-state index in [2.05, 4.69) is 16.0 Å². The first-order chi connectivity index (χ1) is 7.63. The van der Waals surface area contributed by atoms with Crippen molar-refractivity contribution in [3.8, 4) is 0 Å². The van der Waals surface area contributed by atoms with E-state index in [1.807, 2.05) is 0 Å². The molecule has 1 aliphatic heterocycles. The highest BCUT2D eigenvalue weighted by Crippen LogP contribution is 2.15. The van der Waals surface area contributed by atoms with E-state index < -0.39 is 6.04 Å². The molecule has 92 valence electrons. The van der Waals surface area contributed by atoms with Crippen LogP contribution < -0.4 is 16.0 Å². The van der Waals surface area contributed by atoms with Crippen LogP contribution >= 0.6 is 0 Å². The number of piperidine rings is 1. The second-order valence-electron chi connectivity index (χ2n) is 4.30. The van der Waals surface area contributed by atoms with Crippen molar-refractivity contribution in [2.24, 2.45) is 5.92 Å². The van der Waals surface area contributed by atoms with Crippen molar-refractivity contribution in [2.45, 2.75) is 32.2 Å². The summed E-state index contributed by atoms with van der Waals surface area (Å²) in [5.41, 5.74) is 0. The lowest BCUT2D eigenvalue weighted by Crippen LogP contribution is -2.44. The summed E-state index contributed by atoms with van der Waals surface area (Å²) in [5.74, 6) is 0.278. The third-order valence-corrected chi connectivity index (χ3v) is 2.95. The second kappa shape index (κ2) is 6.48. The summed E-state index contributed by atoms with van der Waals surface area (Å²) in [5, 5.41) is 8.48. The van der Waals surface area contributed by atoms with Crippen LogP contribution in [0.3, 0.4) is 0 Å². The van der Waals surface area contributed by atoms with E-state index >= 15 is 0 Å². The lowest BCUT2D eigenvalue weighted by atomic mass is 9.94. The minimum absolute atomic E-state index is 0.0250. The van der Waals surface area contributed by atoms with Crippen LogP contribution in [0.1, 0.15) is 26.2 Å². The Morgan fingerprint density at radius 1 is 1.38 bits per heavy atom. The van der Waals surface area contributed by atoms with Gasteiger partial charge in [0.05, 0.1) is 0 Å². The van der Waals surface area contributed by atoms with E-state index in [0.717, 1.165) is 25.9 Å². The van der Waals surface area contributed by atoms with Gasteiger partial charge in [-0.2, -0.15) is 0 Å². The standard InChI is InChI=1S/C11H21N3O2/c1-8(11(16)12-2)14-10(15)7-9-3-5-13-6-4-9/h8-9,13H,3-7H2,1-2H3,(H,12,16)(H,14,15). The predicted molar refractivity (Wildman–Crippen MR) is 61.9 cm³/mol.